The average Bonchev–Trinajstić information content (AvgIpc) is 3.46. The second-order valence-corrected chi connectivity index (χ2v) is 10.4. The summed E-state index contributed by atoms with van der Waals surface area (Å²) < 4.78 is 5.45. The molecular weight excluding hydrogens is 448 g/mol. The summed E-state index contributed by atoms with van der Waals surface area (Å²) in [4.78, 5) is 34.4. The fourth-order valence-corrected chi connectivity index (χ4v) is 5.03. The number of aryl methyl sites for hydroxylation is 3. The zero-order chi connectivity index (χ0) is 24.0. The van der Waals surface area contributed by atoms with Crippen molar-refractivity contribution in [1.82, 2.24) is 20.4 Å². The van der Waals surface area contributed by atoms with E-state index in [0.717, 1.165) is 28.8 Å². The predicted molar refractivity (Wildman–Crippen MR) is 132 cm³/mol. The van der Waals surface area contributed by atoms with E-state index in [4.69, 9.17) is 4.52 Å². The highest BCUT2D eigenvalue weighted by atomic mass is 32.1. The molecule has 1 saturated carbocycles. The number of pyridine rings is 1. The zero-order valence-electron chi connectivity index (χ0n) is 19.6. The number of amides is 2. The van der Waals surface area contributed by atoms with Gasteiger partial charge in [0.25, 0.3) is 17.5 Å². The van der Waals surface area contributed by atoms with Crippen molar-refractivity contribution >= 4 is 34.3 Å². The van der Waals surface area contributed by atoms with Crippen LogP contribution in [0.2, 0.25) is 0 Å². The standard InChI is InChI=1S/C26H26N4O3S/c1-14-11-20(16(3)34-14)22-12-21(23-15(2)29-33-25(23)28-22)26(32)30(4)13-17-5-7-18(8-6-17)24(31)27-19-9-10-19/h5-8,11-12,19H,9-10,13H2,1-4H3,(H,27,31). The van der Waals surface area contributed by atoms with E-state index < -0.39 is 0 Å². The smallest absolute Gasteiger partial charge is 0.259 e. The Morgan fingerprint density at radius 3 is 2.53 bits per heavy atom. The summed E-state index contributed by atoms with van der Waals surface area (Å²) in [5, 5.41) is 7.68. The lowest BCUT2D eigenvalue weighted by molar-refractivity contribution is 0.0786. The molecule has 1 aliphatic rings. The molecule has 7 nitrogen and oxygen atoms in total. The number of fused-ring (bicyclic) bond motifs is 1. The number of hydrogen-bond acceptors (Lipinski definition) is 6. The van der Waals surface area contributed by atoms with E-state index in [1.165, 1.54) is 4.88 Å². The van der Waals surface area contributed by atoms with Crippen molar-refractivity contribution in [2.45, 2.75) is 46.2 Å². The van der Waals surface area contributed by atoms with Gasteiger partial charge >= 0.3 is 0 Å². The molecule has 0 aliphatic heterocycles. The van der Waals surface area contributed by atoms with Crippen LogP contribution in [-0.2, 0) is 6.54 Å². The topological polar surface area (TPSA) is 88.3 Å². The number of carbonyl (C=O) groups excluding carboxylic acids is 2. The van der Waals surface area contributed by atoms with Crippen LogP contribution in [0.5, 0.6) is 0 Å². The van der Waals surface area contributed by atoms with Gasteiger partial charge < -0.3 is 14.7 Å². The van der Waals surface area contributed by atoms with Gasteiger partial charge in [-0.05, 0) is 63.4 Å². The molecule has 0 saturated heterocycles. The van der Waals surface area contributed by atoms with Crippen molar-refractivity contribution in [2.24, 2.45) is 0 Å². The van der Waals surface area contributed by atoms with Gasteiger partial charge in [0.15, 0.2) is 0 Å². The molecule has 0 unspecified atom stereocenters. The van der Waals surface area contributed by atoms with E-state index >= 15 is 0 Å². The first-order chi connectivity index (χ1) is 16.3. The largest absolute Gasteiger partial charge is 0.349 e. The highest BCUT2D eigenvalue weighted by molar-refractivity contribution is 7.12. The lowest BCUT2D eigenvalue weighted by Gasteiger charge is -2.18. The molecule has 3 heterocycles. The molecular formula is C26H26N4O3S. The summed E-state index contributed by atoms with van der Waals surface area (Å²) >= 11 is 1.70. The van der Waals surface area contributed by atoms with Gasteiger partial charge in [-0.15, -0.1) is 11.3 Å². The summed E-state index contributed by atoms with van der Waals surface area (Å²) in [7, 11) is 1.77. The number of hydrogen-bond donors (Lipinski definition) is 1. The third-order valence-electron chi connectivity index (χ3n) is 6.06. The molecule has 174 valence electrons. The molecule has 34 heavy (non-hydrogen) atoms. The number of carbonyl (C=O) groups is 2. The number of thiophene rings is 1. The van der Waals surface area contributed by atoms with Crippen LogP contribution in [0.15, 0.2) is 40.9 Å². The Bertz CT molecular complexity index is 1400. The molecule has 1 fully saturated rings. The molecule has 0 spiro atoms. The van der Waals surface area contributed by atoms with Crippen molar-refractivity contribution in [3.05, 3.63) is 68.5 Å². The SMILES string of the molecule is Cc1cc(-c2cc(C(=O)N(C)Cc3ccc(C(=O)NC4CC4)cc3)c3c(C)noc3n2)c(C)s1. The van der Waals surface area contributed by atoms with Crippen LogP contribution in [0, 0.1) is 20.8 Å². The van der Waals surface area contributed by atoms with Crippen LogP contribution >= 0.6 is 11.3 Å². The van der Waals surface area contributed by atoms with Crippen molar-refractivity contribution < 1.29 is 14.1 Å². The summed E-state index contributed by atoms with van der Waals surface area (Å²) in [6.07, 6.45) is 2.11. The molecule has 1 aliphatic carbocycles. The molecule has 2 amide bonds. The van der Waals surface area contributed by atoms with Crippen molar-refractivity contribution in [3.63, 3.8) is 0 Å². The quantitative estimate of drug-likeness (QED) is 0.423. The Kier molecular flexibility index (Phi) is 5.69. The van der Waals surface area contributed by atoms with Crippen molar-refractivity contribution in [1.29, 1.82) is 0 Å². The van der Waals surface area contributed by atoms with Gasteiger partial charge in [-0.2, -0.15) is 0 Å². The lowest BCUT2D eigenvalue weighted by Crippen LogP contribution is -2.27. The van der Waals surface area contributed by atoms with Crippen LogP contribution < -0.4 is 5.32 Å². The minimum atomic E-state index is -0.139. The normalized spacial score (nSPS) is 13.3. The summed E-state index contributed by atoms with van der Waals surface area (Å²) in [5.41, 5.74) is 4.78. The van der Waals surface area contributed by atoms with E-state index in [2.05, 4.69) is 28.4 Å². The van der Waals surface area contributed by atoms with Gasteiger partial charge in [0.1, 0.15) is 0 Å². The van der Waals surface area contributed by atoms with Crippen LogP contribution in [0.4, 0.5) is 0 Å². The lowest BCUT2D eigenvalue weighted by atomic mass is 10.0. The molecule has 0 atom stereocenters. The van der Waals surface area contributed by atoms with E-state index in [9.17, 15) is 9.59 Å². The maximum absolute atomic E-state index is 13.6. The highest BCUT2D eigenvalue weighted by Crippen LogP contribution is 2.33. The summed E-state index contributed by atoms with van der Waals surface area (Å²) in [6.45, 7) is 6.32. The second-order valence-electron chi connectivity index (χ2n) is 8.94. The molecule has 8 heteroatoms. The van der Waals surface area contributed by atoms with Gasteiger partial charge in [-0.25, -0.2) is 4.98 Å². The van der Waals surface area contributed by atoms with Gasteiger partial charge in [0, 0.05) is 40.5 Å². The van der Waals surface area contributed by atoms with Crippen LogP contribution in [0.3, 0.4) is 0 Å². The Morgan fingerprint density at radius 1 is 1.15 bits per heavy atom. The van der Waals surface area contributed by atoms with E-state index in [-0.39, 0.29) is 11.8 Å². The first-order valence-electron chi connectivity index (χ1n) is 11.3. The molecule has 1 aromatic carbocycles. The predicted octanol–water partition coefficient (Wildman–Crippen LogP) is 5.04. The molecule has 1 N–H and O–H groups in total. The average molecular weight is 475 g/mol. The fourth-order valence-electron chi connectivity index (χ4n) is 4.10. The van der Waals surface area contributed by atoms with Crippen LogP contribution in [-0.4, -0.2) is 39.9 Å². The molecule has 0 bridgehead atoms. The third kappa shape index (κ3) is 4.33. The number of benzene rings is 1. The second kappa shape index (κ2) is 8.68. The number of aromatic nitrogens is 2. The van der Waals surface area contributed by atoms with Gasteiger partial charge in [-0.1, -0.05) is 17.3 Å². The summed E-state index contributed by atoms with van der Waals surface area (Å²) in [6, 6.07) is 11.6. The van der Waals surface area contributed by atoms with Gasteiger partial charge in [0.05, 0.1) is 22.3 Å². The van der Waals surface area contributed by atoms with Crippen LogP contribution in [0.25, 0.3) is 22.4 Å². The number of nitrogens with one attached hydrogen (secondary N) is 1. The van der Waals surface area contributed by atoms with E-state index in [0.29, 0.717) is 46.2 Å². The monoisotopic (exact) mass is 474 g/mol. The third-order valence-corrected chi connectivity index (χ3v) is 7.03. The van der Waals surface area contributed by atoms with E-state index in [1.54, 1.807) is 35.4 Å². The Balaban J connectivity index is 1.41. The first-order valence-corrected chi connectivity index (χ1v) is 12.1. The maximum Gasteiger partial charge on any atom is 0.259 e. The van der Waals surface area contributed by atoms with Gasteiger partial charge in [-0.3, -0.25) is 9.59 Å². The highest BCUT2D eigenvalue weighted by Gasteiger charge is 2.24. The van der Waals surface area contributed by atoms with Crippen molar-refractivity contribution in [3.8, 4) is 11.3 Å². The van der Waals surface area contributed by atoms with E-state index in [1.807, 2.05) is 32.0 Å². The molecule has 3 aromatic heterocycles. The van der Waals surface area contributed by atoms with Crippen LogP contribution in [0.1, 0.15) is 54.6 Å². The Morgan fingerprint density at radius 2 is 1.88 bits per heavy atom. The molecule has 4 aromatic rings. The minimum Gasteiger partial charge on any atom is -0.349 e. The van der Waals surface area contributed by atoms with Gasteiger partial charge in [0.2, 0.25) is 0 Å². The molecule has 0 radical (unpaired) electrons. The Hall–Kier alpha value is -3.52. The maximum atomic E-state index is 13.6. The Labute approximate surface area is 201 Å². The first kappa shape index (κ1) is 22.3. The zero-order valence-corrected chi connectivity index (χ0v) is 20.5. The number of nitrogens with zero attached hydrogens (tertiary/aromatic N) is 3. The van der Waals surface area contributed by atoms with Crippen molar-refractivity contribution in [2.75, 3.05) is 7.05 Å². The molecule has 5 rings (SSSR count). The minimum absolute atomic E-state index is 0.0490. The number of rotatable bonds is 6. The fraction of sp³-hybridized carbons (Fsp3) is 0.308. The summed E-state index contributed by atoms with van der Waals surface area (Å²) in [5.74, 6) is -0.188.